The van der Waals surface area contributed by atoms with E-state index in [1.54, 1.807) is 0 Å². The molecule has 2 aromatic carbocycles. The van der Waals surface area contributed by atoms with Gasteiger partial charge in [-0.2, -0.15) is 0 Å². The minimum Gasteiger partial charge on any atom is -0.489 e. The maximum Gasteiger partial charge on any atom is 0.251 e. The normalized spacial score (nSPS) is 19.7. The highest BCUT2D eigenvalue weighted by Gasteiger charge is 2.51. The van der Waals surface area contributed by atoms with Crippen LogP contribution in [0.5, 0.6) is 5.75 Å². The first kappa shape index (κ1) is 17.6. The second kappa shape index (κ2) is 7.08. The van der Waals surface area contributed by atoms with E-state index in [4.69, 9.17) is 9.94 Å². The van der Waals surface area contributed by atoms with Crippen LogP contribution in [0.1, 0.15) is 25.3 Å². The highest BCUT2D eigenvalue weighted by Crippen LogP contribution is 2.48. The predicted molar refractivity (Wildman–Crippen MR) is 105 cm³/mol. The number of anilines is 1. The molecular weight excluding hydrogens is 340 g/mol. The van der Waals surface area contributed by atoms with Gasteiger partial charge in [0.05, 0.1) is 5.41 Å². The van der Waals surface area contributed by atoms with Crippen molar-refractivity contribution in [3.05, 3.63) is 66.2 Å². The van der Waals surface area contributed by atoms with Gasteiger partial charge in [-0.1, -0.05) is 42.5 Å². The molecule has 0 aromatic heterocycles. The number of hydrogen-bond acceptors (Lipinski definition) is 4. The van der Waals surface area contributed by atoms with Gasteiger partial charge in [-0.3, -0.25) is 10.0 Å². The molecule has 1 unspecified atom stereocenters. The Balaban J connectivity index is 1.57. The number of carbonyl (C=O) groups is 1. The Hall–Kier alpha value is -2.79. The van der Waals surface area contributed by atoms with Crippen molar-refractivity contribution in [1.82, 2.24) is 5.48 Å². The number of hydrogen-bond donors (Lipinski definition) is 2. The van der Waals surface area contributed by atoms with E-state index in [1.807, 2.05) is 47.9 Å². The van der Waals surface area contributed by atoms with Gasteiger partial charge in [-0.05, 0) is 43.5 Å². The molecule has 5 nitrogen and oxygen atoms in total. The van der Waals surface area contributed by atoms with Crippen LogP contribution in [0.15, 0.2) is 60.7 Å². The van der Waals surface area contributed by atoms with E-state index in [-0.39, 0.29) is 11.9 Å². The fourth-order valence-electron chi connectivity index (χ4n) is 3.77. The van der Waals surface area contributed by atoms with Gasteiger partial charge in [0, 0.05) is 23.8 Å². The number of carbonyl (C=O) groups excluding carboxylic acids is 1. The molecule has 0 spiro atoms. The predicted octanol–water partition coefficient (Wildman–Crippen LogP) is 3.64. The summed E-state index contributed by atoms with van der Waals surface area (Å²) in [5, 5.41) is 9.07. The summed E-state index contributed by atoms with van der Waals surface area (Å²) >= 11 is 0. The standard InChI is InChI=1S/C22H24N2O3/c1-16-13-17(14-27-18-7-3-2-4-8-18)19-9-5-6-10-20(19)24(16)15-22(11-12-22)21(25)23-26/h2-10,13,16,26H,11-12,14-15H2,1H3,(H,23,25). The van der Waals surface area contributed by atoms with E-state index in [0.29, 0.717) is 13.2 Å². The first-order chi connectivity index (χ1) is 13.1. The molecule has 2 aromatic rings. The molecule has 2 N–H and O–H groups in total. The Morgan fingerprint density at radius 2 is 1.89 bits per heavy atom. The van der Waals surface area contributed by atoms with Crippen LogP contribution in [0.25, 0.3) is 5.57 Å². The summed E-state index contributed by atoms with van der Waals surface area (Å²) in [5.74, 6) is 0.567. The summed E-state index contributed by atoms with van der Waals surface area (Å²) in [4.78, 5) is 14.3. The van der Waals surface area contributed by atoms with Crippen LogP contribution in [0.2, 0.25) is 0 Å². The molecule has 1 heterocycles. The summed E-state index contributed by atoms with van der Waals surface area (Å²) in [6.07, 6.45) is 3.81. The minimum atomic E-state index is -0.484. The molecule has 5 heteroatoms. The summed E-state index contributed by atoms with van der Waals surface area (Å²) in [5.41, 5.74) is 4.74. The molecule has 2 aliphatic rings. The molecule has 1 amide bonds. The van der Waals surface area contributed by atoms with Crippen LogP contribution in [0, 0.1) is 5.41 Å². The van der Waals surface area contributed by atoms with Crippen molar-refractivity contribution < 1.29 is 14.7 Å². The van der Waals surface area contributed by atoms with Gasteiger partial charge in [0.15, 0.2) is 0 Å². The molecule has 27 heavy (non-hydrogen) atoms. The van der Waals surface area contributed by atoms with Gasteiger partial charge in [0.2, 0.25) is 0 Å². The van der Waals surface area contributed by atoms with Crippen molar-refractivity contribution in [1.29, 1.82) is 0 Å². The Morgan fingerprint density at radius 1 is 1.19 bits per heavy atom. The second-order valence-electron chi connectivity index (χ2n) is 7.40. The van der Waals surface area contributed by atoms with E-state index >= 15 is 0 Å². The number of benzene rings is 2. The number of nitrogens with zero attached hydrogens (tertiary/aromatic N) is 1. The van der Waals surface area contributed by atoms with Crippen LogP contribution in [0.3, 0.4) is 0 Å². The monoisotopic (exact) mass is 364 g/mol. The molecule has 1 fully saturated rings. The molecule has 4 rings (SSSR count). The van der Waals surface area contributed by atoms with E-state index in [1.165, 1.54) is 0 Å². The molecule has 1 atom stereocenters. The average molecular weight is 364 g/mol. The van der Waals surface area contributed by atoms with Gasteiger partial charge in [-0.25, -0.2) is 5.48 Å². The Bertz CT molecular complexity index is 859. The largest absolute Gasteiger partial charge is 0.489 e. The highest BCUT2D eigenvalue weighted by molar-refractivity contribution is 5.86. The number of rotatable bonds is 6. The highest BCUT2D eigenvalue weighted by atomic mass is 16.5. The summed E-state index contributed by atoms with van der Waals surface area (Å²) in [6, 6.07) is 18.2. The lowest BCUT2D eigenvalue weighted by Gasteiger charge is -2.38. The Morgan fingerprint density at radius 3 is 2.59 bits per heavy atom. The zero-order valence-corrected chi connectivity index (χ0v) is 15.4. The van der Waals surface area contributed by atoms with E-state index in [9.17, 15) is 4.79 Å². The summed E-state index contributed by atoms with van der Waals surface area (Å²) < 4.78 is 5.97. The lowest BCUT2D eigenvalue weighted by atomic mass is 9.94. The van der Waals surface area contributed by atoms with Gasteiger partial charge < -0.3 is 9.64 Å². The number of ether oxygens (including phenoxy) is 1. The lowest BCUT2D eigenvalue weighted by Crippen LogP contribution is -2.44. The fourth-order valence-corrected chi connectivity index (χ4v) is 3.77. The quantitative estimate of drug-likeness (QED) is 0.607. The van der Waals surface area contributed by atoms with Gasteiger partial charge >= 0.3 is 0 Å². The molecule has 1 aliphatic heterocycles. The topological polar surface area (TPSA) is 61.8 Å². The number of nitrogens with one attached hydrogen (secondary N) is 1. The van der Waals surface area contributed by atoms with Gasteiger partial charge in [-0.15, -0.1) is 0 Å². The minimum absolute atomic E-state index is 0.137. The third kappa shape index (κ3) is 3.43. The van der Waals surface area contributed by atoms with Crippen molar-refractivity contribution in [2.24, 2.45) is 5.41 Å². The molecule has 1 aliphatic carbocycles. The fraction of sp³-hybridized carbons (Fsp3) is 0.318. The number of amides is 1. The molecule has 0 radical (unpaired) electrons. The smallest absolute Gasteiger partial charge is 0.251 e. The zero-order valence-electron chi connectivity index (χ0n) is 15.4. The first-order valence-electron chi connectivity index (χ1n) is 9.32. The first-order valence-corrected chi connectivity index (χ1v) is 9.32. The summed E-state index contributed by atoms with van der Waals surface area (Å²) in [6.45, 7) is 3.23. The van der Waals surface area contributed by atoms with Crippen molar-refractivity contribution in [3.8, 4) is 5.75 Å². The Kier molecular flexibility index (Phi) is 4.62. The van der Waals surface area contributed by atoms with E-state index in [2.05, 4.69) is 30.0 Å². The van der Waals surface area contributed by atoms with Crippen LogP contribution in [-0.4, -0.2) is 30.3 Å². The average Bonchev–Trinajstić information content (AvgIpc) is 3.50. The van der Waals surface area contributed by atoms with Gasteiger partial charge in [0.25, 0.3) is 5.91 Å². The summed E-state index contributed by atoms with van der Waals surface area (Å²) in [7, 11) is 0. The van der Waals surface area contributed by atoms with Crippen molar-refractivity contribution >= 4 is 17.2 Å². The number of para-hydroxylation sites is 2. The van der Waals surface area contributed by atoms with Crippen LogP contribution in [0.4, 0.5) is 5.69 Å². The zero-order chi connectivity index (χ0) is 18.9. The molecular formula is C22H24N2O3. The second-order valence-corrected chi connectivity index (χ2v) is 7.40. The lowest BCUT2D eigenvalue weighted by molar-refractivity contribution is -0.134. The van der Waals surface area contributed by atoms with Crippen molar-refractivity contribution in [2.75, 3.05) is 18.1 Å². The SMILES string of the molecule is CC1C=C(COc2ccccc2)c2ccccc2N1CC1(C(=O)NO)CC1. The third-order valence-electron chi connectivity index (χ3n) is 5.54. The van der Waals surface area contributed by atoms with Crippen LogP contribution < -0.4 is 15.1 Å². The van der Waals surface area contributed by atoms with E-state index < -0.39 is 5.41 Å². The Labute approximate surface area is 159 Å². The van der Waals surface area contributed by atoms with Crippen LogP contribution in [-0.2, 0) is 4.79 Å². The third-order valence-corrected chi connectivity index (χ3v) is 5.54. The molecule has 1 saturated carbocycles. The molecule has 0 bridgehead atoms. The molecule has 0 saturated heterocycles. The van der Waals surface area contributed by atoms with Crippen LogP contribution >= 0.6 is 0 Å². The van der Waals surface area contributed by atoms with Gasteiger partial charge in [0.1, 0.15) is 12.4 Å². The van der Waals surface area contributed by atoms with Crippen molar-refractivity contribution in [2.45, 2.75) is 25.8 Å². The number of fused-ring (bicyclic) bond motifs is 1. The maximum absolute atomic E-state index is 12.1. The maximum atomic E-state index is 12.1. The van der Waals surface area contributed by atoms with E-state index in [0.717, 1.165) is 35.4 Å². The number of hydroxylamine groups is 1. The van der Waals surface area contributed by atoms with Crippen molar-refractivity contribution in [3.63, 3.8) is 0 Å². The molecule has 140 valence electrons.